The Morgan fingerprint density at radius 3 is 2.48 bits per heavy atom. The zero-order valence-corrected chi connectivity index (χ0v) is 22.1. The number of Topliss-reactive ketones (excluding diaryl/α,β-unsaturated/α-hetero) is 1. The van der Waals surface area contributed by atoms with E-state index >= 15 is 0 Å². The van der Waals surface area contributed by atoms with E-state index in [0.29, 0.717) is 45.9 Å². The second-order valence-corrected chi connectivity index (χ2v) is 13.3. The molecule has 3 heteroatoms. The Morgan fingerprint density at radius 1 is 1.12 bits per heavy atom. The molecule has 0 radical (unpaired) electrons. The van der Waals surface area contributed by atoms with Crippen molar-refractivity contribution in [1.29, 1.82) is 0 Å². The van der Waals surface area contributed by atoms with Crippen molar-refractivity contribution < 1.29 is 14.7 Å². The van der Waals surface area contributed by atoms with Gasteiger partial charge in [0.1, 0.15) is 5.78 Å². The topological polar surface area (TPSA) is 54.4 Å². The highest BCUT2D eigenvalue weighted by atomic mass is 16.4. The van der Waals surface area contributed by atoms with Gasteiger partial charge in [-0.2, -0.15) is 0 Å². The molecule has 1 N–H and O–H groups in total. The summed E-state index contributed by atoms with van der Waals surface area (Å²) < 4.78 is 0. The molecule has 4 unspecified atom stereocenters. The summed E-state index contributed by atoms with van der Waals surface area (Å²) in [5, 5.41) is 9.15. The van der Waals surface area contributed by atoms with Crippen LogP contribution in [0, 0.1) is 45.3 Å². The Morgan fingerprint density at radius 2 is 1.82 bits per heavy atom. The molecule has 0 aliphatic heterocycles. The first kappa shape index (κ1) is 24.7. The predicted octanol–water partition coefficient (Wildman–Crippen LogP) is 7.61. The Balaban J connectivity index is 1.59. The van der Waals surface area contributed by atoms with Crippen molar-refractivity contribution in [2.45, 2.75) is 106 Å². The van der Waals surface area contributed by atoms with Gasteiger partial charge >= 0.3 is 5.97 Å². The quantitative estimate of drug-likeness (QED) is 0.343. The molecule has 3 nitrogen and oxygen atoms in total. The summed E-state index contributed by atoms with van der Waals surface area (Å²) in [4.78, 5) is 23.9. The van der Waals surface area contributed by atoms with Crippen LogP contribution in [0.25, 0.3) is 0 Å². The molecule has 3 saturated carbocycles. The summed E-state index contributed by atoms with van der Waals surface area (Å²) in [7, 11) is 0. The number of ketones is 1. The number of rotatable bonds is 5. The van der Waals surface area contributed by atoms with Gasteiger partial charge in [-0.15, -0.1) is 0 Å². The van der Waals surface area contributed by atoms with Gasteiger partial charge in [0.2, 0.25) is 0 Å². The van der Waals surface area contributed by atoms with Crippen LogP contribution in [-0.4, -0.2) is 16.9 Å². The summed E-state index contributed by atoms with van der Waals surface area (Å²) >= 11 is 0. The van der Waals surface area contributed by atoms with Gasteiger partial charge in [-0.3, -0.25) is 4.79 Å². The van der Waals surface area contributed by atoms with Gasteiger partial charge in [-0.1, -0.05) is 59.3 Å². The number of hydrogen-bond acceptors (Lipinski definition) is 2. The number of aliphatic carboxylic acids is 1. The van der Waals surface area contributed by atoms with Crippen molar-refractivity contribution in [2.24, 2.45) is 45.3 Å². The van der Waals surface area contributed by atoms with E-state index in [-0.39, 0.29) is 10.8 Å². The first-order valence-electron chi connectivity index (χ1n) is 13.4. The molecule has 0 amide bonds. The zero-order valence-electron chi connectivity index (χ0n) is 22.1. The summed E-state index contributed by atoms with van der Waals surface area (Å²) in [5.41, 5.74) is 2.77. The van der Waals surface area contributed by atoms with Crippen LogP contribution in [0.4, 0.5) is 0 Å². The third-order valence-electron chi connectivity index (χ3n) is 11.7. The lowest BCUT2D eigenvalue weighted by atomic mass is 9.41. The molecule has 0 spiro atoms. The molecule has 184 valence electrons. The van der Waals surface area contributed by atoms with E-state index < -0.39 is 5.97 Å². The molecule has 3 fully saturated rings. The van der Waals surface area contributed by atoms with Crippen molar-refractivity contribution in [2.75, 3.05) is 0 Å². The van der Waals surface area contributed by atoms with E-state index in [1.165, 1.54) is 25.7 Å². The monoisotopic (exact) mass is 454 g/mol. The fraction of sp³-hybridized carbons (Fsp3) is 0.800. The minimum absolute atomic E-state index is 0.174. The van der Waals surface area contributed by atoms with E-state index in [9.17, 15) is 9.59 Å². The van der Waals surface area contributed by atoms with Crippen molar-refractivity contribution >= 4 is 11.8 Å². The van der Waals surface area contributed by atoms with Crippen molar-refractivity contribution in [1.82, 2.24) is 0 Å². The highest BCUT2D eigenvalue weighted by Gasteiger charge is 2.65. The Bertz CT molecular complexity index is 894. The highest BCUT2D eigenvalue weighted by molar-refractivity contribution is 5.86. The number of carbonyl (C=O) groups is 2. The fourth-order valence-electron chi connectivity index (χ4n) is 9.33. The van der Waals surface area contributed by atoms with Crippen LogP contribution in [0.1, 0.15) is 106 Å². The van der Waals surface area contributed by atoms with E-state index in [0.717, 1.165) is 32.1 Å². The normalized spacial score (nSPS) is 43.2. The Hall–Kier alpha value is -1.38. The lowest BCUT2D eigenvalue weighted by Gasteiger charge is -2.63. The van der Waals surface area contributed by atoms with Gasteiger partial charge in [0.15, 0.2) is 0 Å². The Labute approximate surface area is 201 Å². The SMILES string of the molecule is CC(=CCCC(C)C1CC[C@@]2(C)C3CCC4C(C)(C)C(=O)CC[C@]4(C)C3=CC[C@]12C)C(=O)O. The number of carbonyl (C=O) groups excluding carboxylic acids is 1. The van der Waals surface area contributed by atoms with Gasteiger partial charge in [-0.25, -0.2) is 4.79 Å². The molecule has 0 aromatic carbocycles. The molecule has 0 aromatic heterocycles. The van der Waals surface area contributed by atoms with Gasteiger partial charge in [0, 0.05) is 17.4 Å². The highest BCUT2D eigenvalue weighted by Crippen LogP contribution is 2.72. The minimum Gasteiger partial charge on any atom is -0.478 e. The number of carboxylic acids is 1. The molecule has 4 aliphatic carbocycles. The first-order chi connectivity index (χ1) is 15.3. The molecule has 7 atom stereocenters. The average molecular weight is 455 g/mol. The molecule has 0 bridgehead atoms. The van der Waals surface area contributed by atoms with Gasteiger partial charge < -0.3 is 5.11 Å². The van der Waals surface area contributed by atoms with Crippen LogP contribution in [0.2, 0.25) is 0 Å². The second kappa shape index (κ2) is 8.09. The number of fused-ring (bicyclic) bond motifs is 5. The van der Waals surface area contributed by atoms with Crippen LogP contribution in [-0.2, 0) is 9.59 Å². The largest absolute Gasteiger partial charge is 0.478 e. The minimum atomic E-state index is -0.801. The summed E-state index contributed by atoms with van der Waals surface area (Å²) in [6, 6.07) is 0. The maximum atomic E-state index is 12.8. The summed E-state index contributed by atoms with van der Waals surface area (Å²) in [6.07, 6.45) is 14.4. The van der Waals surface area contributed by atoms with Crippen molar-refractivity contribution in [3.8, 4) is 0 Å². The molecular formula is C30H46O3. The zero-order chi connectivity index (χ0) is 24.4. The molecule has 0 aromatic rings. The standard InChI is InChI=1S/C30H46O3/c1-19(9-8-10-20(2)26(32)33)21-13-17-30(7)23-11-12-24-27(3,4)25(31)15-16-28(24,5)22(23)14-18-29(21,30)6/h10,14,19,21,23-24H,8-9,11-13,15-18H2,1-7H3,(H,32,33)/t19?,21?,23?,24?,28-,29-,30+/m1/s1. The smallest absolute Gasteiger partial charge is 0.330 e. The van der Waals surface area contributed by atoms with Crippen molar-refractivity contribution in [3.05, 3.63) is 23.3 Å². The summed E-state index contributed by atoms with van der Waals surface area (Å²) in [5.74, 6) is 2.08. The van der Waals surface area contributed by atoms with Crippen LogP contribution in [0.5, 0.6) is 0 Å². The summed E-state index contributed by atoms with van der Waals surface area (Å²) in [6.45, 7) is 16.2. The molecule has 4 rings (SSSR count). The fourth-order valence-corrected chi connectivity index (χ4v) is 9.33. The molecule has 33 heavy (non-hydrogen) atoms. The van der Waals surface area contributed by atoms with Crippen LogP contribution >= 0.6 is 0 Å². The molecule has 0 saturated heterocycles. The lowest BCUT2D eigenvalue weighted by Crippen LogP contribution is -2.56. The van der Waals surface area contributed by atoms with Crippen LogP contribution < -0.4 is 0 Å². The number of carboxylic acid groups (broad SMARTS) is 1. The Kier molecular flexibility index (Phi) is 6.07. The maximum absolute atomic E-state index is 12.8. The number of allylic oxidation sites excluding steroid dienone is 3. The lowest BCUT2D eigenvalue weighted by molar-refractivity contribution is -0.142. The third kappa shape index (κ3) is 3.50. The number of hydrogen-bond donors (Lipinski definition) is 1. The van der Waals surface area contributed by atoms with Gasteiger partial charge in [-0.05, 0) is 98.2 Å². The molecular weight excluding hydrogens is 408 g/mol. The predicted molar refractivity (Wildman–Crippen MR) is 134 cm³/mol. The van der Waals surface area contributed by atoms with Gasteiger partial charge in [0.05, 0.1) is 0 Å². The second-order valence-electron chi connectivity index (χ2n) is 13.3. The third-order valence-corrected chi connectivity index (χ3v) is 11.7. The molecule has 0 heterocycles. The van der Waals surface area contributed by atoms with Crippen molar-refractivity contribution in [3.63, 3.8) is 0 Å². The van der Waals surface area contributed by atoms with Crippen LogP contribution in [0.15, 0.2) is 23.3 Å². The molecule has 4 aliphatic rings. The van der Waals surface area contributed by atoms with Gasteiger partial charge in [0.25, 0.3) is 0 Å². The van der Waals surface area contributed by atoms with E-state index in [4.69, 9.17) is 5.11 Å². The first-order valence-corrected chi connectivity index (χ1v) is 13.4. The van der Waals surface area contributed by atoms with E-state index in [1.54, 1.807) is 12.5 Å². The van der Waals surface area contributed by atoms with Crippen LogP contribution in [0.3, 0.4) is 0 Å². The van der Waals surface area contributed by atoms with E-state index in [2.05, 4.69) is 47.6 Å². The van der Waals surface area contributed by atoms with E-state index in [1.807, 2.05) is 6.08 Å². The maximum Gasteiger partial charge on any atom is 0.330 e. The average Bonchev–Trinajstić information content (AvgIpc) is 3.02.